The highest BCUT2D eigenvalue weighted by atomic mass is 14.5. The Morgan fingerprint density at radius 3 is 1.73 bits per heavy atom. The molecule has 0 aliphatic heterocycles. The molecule has 0 bridgehead atoms. The molecule has 0 nitrogen and oxygen atoms in total. The molecule has 30 heavy (non-hydrogen) atoms. The van der Waals surface area contributed by atoms with Crippen LogP contribution < -0.4 is 0 Å². The van der Waals surface area contributed by atoms with Crippen molar-refractivity contribution in [1.29, 1.82) is 0 Å². The maximum absolute atomic E-state index is 2.58. The maximum atomic E-state index is 2.58. The molecule has 0 saturated heterocycles. The van der Waals surface area contributed by atoms with Crippen molar-refractivity contribution >= 4 is 0 Å². The van der Waals surface area contributed by atoms with Gasteiger partial charge in [0.15, 0.2) is 0 Å². The first-order chi connectivity index (χ1) is 13.7. The minimum Gasteiger partial charge on any atom is -0.0622 e. The first-order valence-electron chi connectivity index (χ1n) is 12.7. The molecule has 0 aromatic heterocycles. The van der Waals surface area contributed by atoms with Crippen molar-refractivity contribution in [2.75, 3.05) is 0 Å². The van der Waals surface area contributed by atoms with Crippen molar-refractivity contribution in [3.8, 4) is 0 Å². The number of hydrogen-bond donors (Lipinski definition) is 0. The van der Waals surface area contributed by atoms with Gasteiger partial charge in [-0.15, -0.1) is 0 Å². The predicted octanol–water partition coefficient (Wildman–Crippen LogP) is 9.89. The van der Waals surface area contributed by atoms with E-state index in [0.29, 0.717) is 16.7 Å². The average molecular weight is 413 g/mol. The van der Waals surface area contributed by atoms with Gasteiger partial charge in [0.2, 0.25) is 0 Å². The van der Waals surface area contributed by atoms with Gasteiger partial charge in [0.25, 0.3) is 0 Å². The van der Waals surface area contributed by atoms with Crippen molar-refractivity contribution in [3.05, 3.63) is 35.9 Å². The summed E-state index contributed by atoms with van der Waals surface area (Å²) in [5.74, 6) is 2.28. The molecular formula is C30H52. The van der Waals surface area contributed by atoms with E-state index in [9.17, 15) is 0 Å². The van der Waals surface area contributed by atoms with Crippen molar-refractivity contribution in [2.24, 2.45) is 33.5 Å². The largest absolute Gasteiger partial charge is 0.0622 e. The summed E-state index contributed by atoms with van der Waals surface area (Å²) in [4.78, 5) is 0. The molecule has 0 amide bonds. The molecular weight excluding hydrogens is 360 g/mol. The van der Waals surface area contributed by atoms with Gasteiger partial charge in [-0.05, 0) is 57.8 Å². The quantitative estimate of drug-likeness (QED) is 0.418. The monoisotopic (exact) mass is 412 g/mol. The molecule has 2 atom stereocenters. The lowest BCUT2D eigenvalue weighted by Gasteiger charge is -2.53. The molecule has 0 N–H and O–H groups in total. The first kappa shape index (κ1) is 25.5. The van der Waals surface area contributed by atoms with Crippen LogP contribution in [0.15, 0.2) is 30.3 Å². The molecule has 0 radical (unpaired) electrons. The van der Waals surface area contributed by atoms with E-state index in [-0.39, 0.29) is 10.8 Å². The fraction of sp³-hybridized carbons (Fsp3) is 0.800. The van der Waals surface area contributed by atoms with Crippen LogP contribution in [0.3, 0.4) is 0 Å². The van der Waals surface area contributed by atoms with Gasteiger partial charge < -0.3 is 0 Å². The minimum atomic E-state index is 0.222. The standard InChI is InChI=1S/C30H52/c1-27(2,3)21-26(24-19-15-12-16-20-24)30(9,10)29(7,8)22-25(28(4,5)6)23-17-13-11-14-18-23/h12,15-16,19-20,23,25-26H,11,13-14,17-18,21-22H2,1-10H3. The Morgan fingerprint density at radius 2 is 1.27 bits per heavy atom. The Bertz CT molecular complexity index is 629. The van der Waals surface area contributed by atoms with Crippen LogP contribution in [0.1, 0.15) is 126 Å². The van der Waals surface area contributed by atoms with Gasteiger partial charge in [0, 0.05) is 0 Å². The van der Waals surface area contributed by atoms with Gasteiger partial charge in [-0.25, -0.2) is 0 Å². The van der Waals surface area contributed by atoms with Crippen LogP contribution in [0.2, 0.25) is 0 Å². The predicted molar refractivity (Wildman–Crippen MR) is 135 cm³/mol. The Hall–Kier alpha value is -0.780. The van der Waals surface area contributed by atoms with Crippen LogP contribution in [-0.2, 0) is 0 Å². The molecule has 0 spiro atoms. The summed E-state index contributed by atoms with van der Waals surface area (Å²) in [7, 11) is 0. The smallest absolute Gasteiger partial charge is 0.0101 e. The van der Waals surface area contributed by atoms with E-state index in [4.69, 9.17) is 0 Å². The summed E-state index contributed by atoms with van der Waals surface area (Å²) in [5.41, 5.74) is 2.71. The lowest BCUT2D eigenvalue weighted by Crippen LogP contribution is -2.43. The van der Waals surface area contributed by atoms with E-state index in [2.05, 4.69) is 99.6 Å². The summed E-state index contributed by atoms with van der Waals surface area (Å²) in [6, 6.07) is 11.4. The van der Waals surface area contributed by atoms with Crippen LogP contribution in [0.25, 0.3) is 0 Å². The highest BCUT2D eigenvalue weighted by Crippen LogP contribution is 2.57. The van der Waals surface area contributed by atoms with Crippen molar-refractivity contribution < 1.29 is 0 Å². The van der Waals surface area contributed by atoms with Crippen LogP contribution >= 0.6 is 0 Å². The summed E-state index contributed by atoms with van der Waals surface area (Å²) in [5, 5.41) is 0. The highest BCUT2D eigenvalue weighted by molar-refractivity contribution is 5.23. The molecule has 0 heteroatoms. The maximum Gasteiger partial charge on any atom is -0.0101 e. The van der Waals surface area contributed by atoms with E-state index in [1.807, 2.05) is 0 Å². The molecule has 2 rings (SSSR count). The van der Waals surface area contributed by atoms with Crippen molar-refractivity contribution in [1.82, 2.24) is 0 Å². The minimum absolute atomic E-state index is 0.222. The second kappa shape index (κ2) is 9.38. The fourth-order valence-corrected chi connectivity index (χ4v) is 6.09. The molecule has 1 fully saturated rings. The van der Waals surface area contributed by atoms with Crippen molar-refractivity contribution in [2.45, 2.75) is 120 Å². The molecule has 1 aromatic carbocycles. The van der Waals surface area contributed by atoms with Gasteiger partial charge >= 0.3 is 0 Å². The van der Waals surface area contributed by atoms with Crippen LogP contribution in [0.5, 0.6) is 0 Å². The molecule has 2 unspecified atom stereocenters. The molecule has 1 aliphatic rings. The topological polar surface area (TPSA) is 0 Å². The highest BCUT2D eigenvalue weighted by Gasteiger charge is 2.47. The molecule has 1 saturated carbocycles. The second-order valence-corrected chi connectivity index (χ2v) is 13.9. The summed E-state index contributed by atoms with van der Waals surface area (Å²) >= 11 is 0. The average Bonchev–Trinajstić information content (AvgIpc) is 2.64. The third-order valence-corrected chi connectivity index (χ3v) is 8.70. The SMILES string of the molecule is CC(C)(C)CC(c1ccccc1)C(C)(C)C(C)(C)CC(C1CCCCC1)C(C)(C)C. The van der Waals surface area contributed by atoms with Crippen LogP contribution in [-0.4, -0.2) is 0 Å². The Morgan fingerprint density at radius 1 is 0.733 bits per heavy atom. The zero-order valence-corrected chi connectivity index (χ0v) is 22.1. The number of hydrogen-bond acceptors (Lipinski definition) is 0. The van der Waals surface area contributed by atoms with E-state index >= 15 is 0 Å². The zero-order chi connectivity index (χ0) is 22.8. The number of benzene rings is 1. The third kappa shape index (κ3) is 6.37. The molecule has 1 aromatic rings. The molecule has 172 valence electrons. The van der Waals surface area contributed by atoms with Crippen LogP contribution in [0, 0.1) is 33.5 Å². The Balaban J connectivity index is 2.38. The van der Waals surface area contributed by atoms with Crippen LogP contribution in [0.4, 0.5) is 0 Å². The van der Waals surface area contributed by atoms with Gasteiger partial charge in [-0.1, -0.05) is 132 Å². The van der Waals surface area contributed by atoms with E-state index in [1.165, 1.54) is 50.5 Å². The molecule has 0 heterocycles. The van der Waals surface area contributed by atoms with Gasteiger partial charge in [-0.3, -0.25) is 0 Å². The van der Waals surface area contributed by atoms with E-state index in [1.54, 1.807) is 0 Å². The van der Waals surface area contributed by atoms with E-state index < -0.39 is 0 Å². The fourth-order valence-electron chi connectivity index (χ4n) is 6.09. The summed E-state index contributed by atoms with van der Waals surface area (Å²) in [6.07, 6.45) is 9.79. The summed E-state index contributed by atoms with van der Waals surface area (Å²) < 4.78 is 0. The third-order valence-electron chi connectivity index (χ3n) is 8.70. The van der Waals surface area contributed by atoms with Gasteiger partial charge in [-0.2, -0.15) is 0 Å². The van der Waals surface area contributed by atoms with Gasteiger partial charge in [0.05, 0.1) is 0 Å². The lowest BCUT2D eigenvalue weighted by molar-refractivity contribution is -0.00784. The first-order valence-corrected chi connectivity index (χ1v) is 12.7. The summed E-state index contributed by atoms with van der Waals surface area (Å²) in [6.45, 7) is 25.0. The normalized spacial score (nSPS) is 19.5. The van der Waals surface area contributed by atoms with Gasteiger partial charge in [0.1, 0.15) is 0 Å². The molecule has 1 aliphatic carbocycles. The second-order valence-electron chi connectivity index (χ2n) is 13.9. The van der Waals surface area contributed by atoms with Crippen molar-refractivity contribution in [3.63, 3.8) is 0 Å². The number of rotatable bonds is 7. The van der Waals surface area contributed by atoms with E-state index in [0.717, 1.165) is 11.8 Å². The Kier molecular flexibility index (Phi) is 7.96. The Labute approximate surface area is 189 Å². The lowest BCUT2D eigenvalue weighted by atomic mass is 9.52. The zero-order valence-electron chi connectivity index (χ0n) is 22.1.